The number of carbonyl (C=O) groups is 2. The minimum Gasteiger partial charge on any atom is -0.452 e. The maximum Gasteiger partial charge on any atom is 0.341 e. The lowest BCUT2D eigenvalue weighted by molar-refractivity contribution is -0.124. The van der Waals surface area contributed by atoms with Crippen LogP contribution < -0.4 is 5.32 Å². The summed E-state index contributed by atoms with van der Waals surface area (Å²) in [4.78, 5) is 23.3. The highest BCUT2D eigenvalue weighted by Crippen LogP contribution is 2.16. The van der Waals surface area contributed by atoms with Crippen molar-refractivity contribution in [2.24, 2.45) is 0 Å². The highest BCUT2D eigenvalue weighted by molar-refractivity contribution is 9.10. The van der Waals surface area contributed by atoms with Crippen LogP contribution in [0.2, 0.25) is 0 Å². The third kappa shape index (κ3) is 4.51. The SMILES string of the molecule is O=C(COC(=O)c1ccc(Br)cc1F)N[C@@H]1CCS(=O)(=O)C1. The van der Waals surface area contributed by atoms with E-state index >= 15 is 0 Å². The lowest BCUT2D eigenvalue weighted by atomic mass is 10.2. The highest BCUT2D eigenvalue weighted by Gasteiger charge is 2.29. The Morgan fingerprint density at radius 2 is 2.14 bits per heavy atom. The minimum absolute atomic E-state index is 0.0296. The Morgan fingerprint density at radius 1 is 1.41 bits per heavy atom. The fraction of sp³-hybridized carbons (Fsp3) is 0.385. The molecule has 1 atom stereocenters. The van der Waals surface area contributed by atoms with Crippen molar-refractivity contribution in [1.82, 2.24) is 5.32 Å². The normalized spacial score (nSPS) is 19.6. The van der Waals surface area contributed by atoms with Crippen LogP contribution in [-0.2, 0) is 19.4 Å². The number of halogens is 2. The molecule has 2 rings (SSSR count). The second kappa shape index (κ2) is 6.74. The summed E-state index contributed by atoms with van der Waals surface area (Å²) in [5, 5.41) is 2.47. The molecule has 1 saturated heterocycles. The van der Waals surface area contributed by atoms with Gasteiger partial charge in [-0.2, -0.15) is 0 Å². The molecule has 6 nitrogen and oxygen atoms in total. The zero-order chi connectivity index (χ0) is 16.3. The van der Waals surface area contributed by atoms with Crippen molar-refractivity contribution < 1.29 is 27.1 Å². The van der Waals surface area contributed by atoms with E-state index in [1.54, 1.807) is 0 Å². The van der Waals surface area contributed by atoms with Crippen molar-refractivity contribution >= 4 is 37.6 Å². The van der Waals surface area contributed by atoms with Crippen molar-refractivity contribution in [3.63, 3.8) is 0 Å². The fourth-order valence-corrected chi connectivity index (χ4v) is 4.05. The van der Waals surface area contributed by atoms with Gasteiger partial charge in [0.1, 0.15) is 5.82 Å². The summed E-state index contributed by atoms with van der Waals surface area (Å²) < 4.78 is 41.2. The maximum absolute atomic E-state index is 13.5. The molecule has 0 spiro atoms. The molecule has 9 heteroatoms. The van der Waals surface area contributed by atoms with Gasteiger partial charge in [-0.15, -0.1) is 0 Å². The zero-order valence-corrected chi connectivity index (χ0v) is 13.7. The molecule has 1 fully saturated rings. The van der Waals surface area contributed by atoms with Crippen molar-refractivity contribution in [2.75, 3.05) is 18.1 Å². The number of amides is 1. The average molecular weight is 394 g/mol. The van der Waals surface area contributed by atoms with Gasteiger partial charge in [0, 0.05) is 10.5 Å². The molecule has 22 heavy (non-hydrogen) atoms. The van der Waals surface area contributed by atoms with Crippen LogP contribution in [0.3, 0.4) is 0 Å². The smallest absolute Gasteiger partial charge is 0.341 e. The van der Waals surface area contributed by atoms with E-state index in [0.29, 0.717) is 10.9 Å². The van der Waals surface area contributed by atoms with E-state index in [0.717, 1.165) is 6.07 Å². The molecule has 1 amide bonds. The number of hydrogen-bond acceptors (Lipinski definition) is 5. The molecule has 1 aromatic carbocycles. The Morgan fingerprint density at radius 3 is 2.73 bits per heavy atom. The number of carbonyl (C=O) groups excluding carboxylic acids is 2. The van der Waals surface area contributed by atoms with Gasteiger partial charge >= 0.3 is 5.97 Å². The lowest BCUT2D eigenvalue weighted by Crippen LogP contribution is -2.38. The first kappa shape index (κ1) is 16.9. The van der Waals surface area contributed by atoms with Gasteiger partial charge in [-0.3, -0.25) is 4.79 Å². The summed E-state index contributed by atoms with van der Waals surface area (Å²) in [6.07, 6.45) is 0.337. The Bertz CT molecular complexity index is 706. The van der Waals surface area contributed by atoms with E-state index in [4.69, 9.17) is 4.74 Å². The summed E-state index contributed by atoms with van der Waals surface area (Å²) in [6, 6.07) is 3.35. The van der Waals surface area contributed by atoms with Crippen molar-refractivity contribution in [3.8, 4) is 0 Å². The summed E-state index contributed by atoms with van der Waals surface area (Å²) in [7, 11) is -3.10. The number of nitrogens with one attached hydrogen (secondary N) is 1. The van der Waals surface area contributed by atoms with Crippen LogP contribution in [0.1, 0.15) is 16.8 Å². The molecule has 1 aromatic rings. The summed E-state index contributed by atoms with van der Waals surface area (Å²) in [6.45, 7) is -0.592. The molecule has 1 heterocycles. The molecule has 1 aliphatic heterocycles. The predicted molar refractivity (Wildman–Crippen MR) is 79.6 cm³/mol. The van der Waals surface area contributed by atoms with Crippen LogP contribution >= 0.6 is 15.9 Å². The van der Waals surface area contributed by atoms with Gasteiger partial charge in [-0.1, -0.05) is 15.9 Å². The van der Waals surface area contributed by atoms with Crippen LogP contribution in [0.25, 0.3) is 0 Å². The summed E-state index contributed by atoms with van der Waals surface area (Å²) in [5.41, 5.74) is -0.278. The van der Waals surface area contributed by atoms with Gasteiger partial charge in [-0.25, -0.2) is 17.6 Å². The Labute approximate surface area is 135 Å². The van der Waals surface area contributed by atoms with Gasteiger partial charge in [0.2, 0.25) is 0 Å². The van der Waals surface area contributed by atoms with E-state index < -0.39 is 40.2 Å². The predicted octanol–water partition coefficient (Wildman–Crippen LogP) is 1.05. The van der Waals surface area contributed by atoms with Gasteiger partial charge in [-0.05, 0) is 24.6 Å². The van der Waals surface area contributed by atoms with Crippen molar-refractivity contribution in [1.29, 1.82) is 0 Å². The molecular formula is C13H13BrFNO5S. The second-order valence-electron chi connectivity index (χ2n) is 4.87. The maximum atomic E-state index is 13.5. The molecule has 0 bridgehead atoms. The first-order valence-corrected chi connectivity index (χ1v) is 9.00. The molecule has 0 unspecified atom stereocenters. The molecule has 1 aliphatic rings. The van der Waals surface area contributed by atoms with Crippen LogP contribution in [0.15, 0.2) is 22.7 Å². The van der Waals surface area contributed by atoms with E-state index in [1.807, 2.05) is 0 Å². The zero-order valence-electron chi connectivity index (χ0n) is 11.3. The number of sulfone groups is 1. The van der Waals surface area contributed by atoms with Gasteiger partial charge in [0.05, 0.1) is 17.1 Å². The van der Waals surface area contributed by atoms with E-state index in [9.17, 15) is 22.4 Å². The monoisotopic (exact) mass is 393 g/mol. The number of benzene rings is 1. The van der Waals surface area contributed by atoms with Crippen LogP contribution in [0.5, 0.6) is 0 Å². The largest absolute Gasteiger partial charge is 0.452 e. The van der Waals surface area contributed by atoms with Crippen molar-refractivity contribution in [3.05, 3.63) is 34.1 Å². The molecule has 1 N–H and O–H groups in total. The Kier molecular flexibility index (Phi) is 5.17. The highest BCUT2D eigenvalue weighted by atomic mass is 79.9. The Balaban J connectivity index is 1.84. The summed E-state index contributed by atoms with van der Waals surface area (Å²) in [5.74, 6) is -2.43. The van der Waals surface area contributed by atoms with Gasteiger partial charge in [0.15, 0.2) is 16.4 Å². The number of rotatable bonds is 4. The second-order valence-corrected chi connectivity index (χ2v) is 8.01. The number of esters is 1. The molecule has 0 aromatic heterocycles. The van der Waals surface area contributed by atoms with Gasteiger partial charge < -0.3 is 10.1 Å². The van der Waals surface area contributed by atoms with Crippen LogP contribution in [0, 0.1) is 5.82 Å². The fourth-order valence-electron chi connectivity index (χ4n) is 2.04. The molecule has 0 saturated carbocycles. The molecule has 0 aliphatic carbocycles. The quantitative estimate of drug-likeness (QED) is 0.772. The number of ether oxygens (including phenoxy) is 1. The topological polar surface area (TPSA) is 89.5 Å². The van der Waals surface area contributed by atoms with Crippen LogP contribution in [0.4, 0.5) is 4.39 Å². The first-order chi connectivity index (χ1) is 10.3. The minimum atomic E-state index is -3.10. The van der Waals surface area contributed by atoms with Crippen LogP contribution in [-0.4, -0.2) is 44.4 Å². The Hall–Kier alpha value is -1.48. The van der Waals surface area contributed by atoms with E-state index in [-0.39, 0.29) is 17.1 Å². The van der Waals surface area contributed by atoms with E-state index in [1.165, 1.54) is 12.1 Å². The summed E-state index contributed by atoms with van der Waals surface area (Å²) >= 11 is 3.06. The third-order valence-electron chi connectivity index (χ3n) is 3.08. The number of hydrogen-bond donors (Lipinski definition) is 1. The van der Waals surface area contributed by atoms with E-state index in [2.05, 4.69) is 21.2 Å². The molecule has 120 valence electrons. The standard InChI is InChI=1S/C13H13BrFNO5S/c14-8-1-2-10(11(15)5-8)13(18)21-6-12(17)16-9-3-4-22(19,20)7-9/h1-2,5,9H,3-4,6-7H2,(H,16,17)/t9-/m1/s1. The molecule has 0 radical (unpaired) electrons. The third-order valence-corrected chi connectivity index (χ3v) is 5.34. The average Bonchev–Trinajstić information content (AvgIpc) is 2.75. The van der Waals surface area contributed by atoms with Crippen molar-refractivity contribution in [2.45, 2.75) is 12.5 Å². The lowest BCUT2D eigenvalue weighted by Gasteiger charge is -2.11. The molecular weight excluding hydrogens is 381 g/mol. The van der Waals surface area contributed by atoms with Gasteiger partial charge in [0.25, 0.3) is 5.91 Å². The first-order valence-electron chi connectivity index (χ1n) is 6.39.